The highest BCUT2D eigenvalue weighted by Gasteiger charge is 2.27. The first-order chi connectivity index (χ1) is 14.6. The molecule has 2 amide bonds. The number of carbonyl (C=O) groups is 2. The molecule has 0 spiro atoms. The smallest absolute Gasteiger partial charge is 0.287 e. The SMILES string of the molecule is COCCCNC(=O)c1oc2c(c1C)/C(=N/NC(=O)COc1ccccc1)CCC2. The van der Waals surface area contributed by atoms with Crippen LogP contribution >= 0.6 is 0 Å². The summed E-state index contributed by atoms with van der Waals surface area (Å²) in [7, 11) is 1.62. The summed E-state index contributed by atoms with van der Waals surface area (Å²) < 4.78 is 16.3. The predicted octanol–water partition coefficient (Wildman–Crippen LogP) is 2.59. The molecule has 2 N–H and O–H groups in total. The molecule has 1 heterocycles. The average molecular weight is 413 g/mol. The van der Waals surface area contributed by atoms with Crippen molar-refractivity contribution < 1.29 is 23.5 Å². The number of hydrogen-bond acceptors (Lipinski definition) is 6. The maximum atomic E-state index is 12.5. The minimum atomic E-state index is -0.351. The first kappa shape index (κ1) is 21.6. The maximum absolute atomic E-state index is 12.5. The molecule has 1 aromatic heterocycles. The van der Waals surface area contributed by atoms with Gasteiger partial charge in [0.05, 0.1) is 5.71 Å². The fraction of sp³-hybridized carbons (Fsp3) is 0.409. The number of hydrogen-bond donors (Lipinski definition) is 2. The second kappa shape index (κ2) is 10.6. The van der Waals surface area contributed by atoms with Crippen LogP contribution in [-0.4, -0.2) is 44.4 Å². The Morgan fingerprint density at radius 2 is 2.00 bits per heavy atom. The van der Waals surface area contributed by atoms with Gasteiger partial charge in [-0.15, -0.1) is 0 Å². The van der Waals surface area contributed by atoms with E-state index in [0.29, 0.717) is 36.8 Å². The van der Waals surface area contributed by atoms with Gasteiger partial charge in [-0.05, 0) is 38.3 Å². The van der Waals surface area contributed by atoms with E-state index in [4.69, 9.17) is 13.9 Å². The molecule has 0 unspecified atom stereocenters. The van der Waals surface area contributed by atoms with Gasteiger partial charge in [0.25, 0.3) is 11.8 Å². The third-order valence-electron chi connectivity index (χ3n) is 4.77. The van der Waals surface area contributed by atoms with Crippen molar-refractivity contribution in [2.24, 2.45) is 5.10 Å². The molecule has 0 saturated carbocycles. The molecule has 0 radical (unpaired) electrons. The largest absolute Gasteiger partial charge is 0.484 e. The van der Waals surface area contributed by atoms with Gasteiger partial charge in [-0.25, -0.2) is 5.43 Å². The Balaban J connectivity index is 1.63. The van der Waals surface area contributed by atoms with Crippen molar-refractivity contribution in [2.75, 3.05) is 26.9 Å². The van der Waals surface area contributed by atoms with E-state index in [-0.39, 0.29) is 18.4 Å². The Bertz CT molecular complexity index is 905. The third kappa shape index (κ3) is 5.48. The van der Waals surface area contributed by atoms with Gasteiger partial charge in [-0.1, -0.05) is 18.2 Å². The van der Waals surface area contributed by atoms with Gasteiger partial charge in [-0.3, -0.25) is 9.59 Å². The van der Waals surface area contributed by atoms with Crippen LogP contribution in [0.25, 0.3) is 0 Å². The summed E-state index contributed by atoms with van der Waals surface area (Å²) in [5.74, 6) is 1.04. The number of carbonyl (C=O) groups excluding carboxylic acids is 2. The molecule has 0 atom stereocenters. The predicted molar refractivity (Wildman–Crippen MR) is 112 cm³/mol. The molecule has 8 heteroatoms. The van der Waals surface area contributed by atoms with Gasteiger partial charge in [0.2, 0.25) is 0 Å². The van der Waals surface area contributed by atoms with E-state index in [2.05, 4.69) is 15.8 Å². The van der Waals surface area contributed by atoms with Gasteiger partial charge in [0.1, 0.15) is 11.5 Å². The summed E-state index contributed by atoms with van der Waals surface area (Å²) in [6.07, 6.45) is 2.99. The Morgan fingerprint density at radius 1 is 1.20 bits per heavy atom. The molecular formula is C22H27N3O5. The summed E-state index contributed by atoms with van der Waals surface area (Å²) in [6.45, 7) is 2.80. The molecule has 0 bridgehead atoms. The topological polar surface area (TPSA) is 102 Å². The lowest BCUT2D eigenvalue weighted by molar-refractivity contribution is -0.123. The van der Waals surface area contributed by atoms with E-state index >= 15 is 0 Å². The van der Waals surface area contributed by atoms with Crippen LogP contribution in [-0.2, 0) is 16.0 Å². The van der Waals surface area contributed by atoms with E-state index in [1.54, 1.807) is 19.2 Å². The van der Waals surface area contributed by atoms with Gasteiger partial charge >= 0.3 is 0 Å². The number of ether oxygens (including phenoxy) is 2. The number of nitrogens with zero attached hydrogens (tertiary/aromatic N) is 1. The lowest BCUT2D eigenvalue weighted by atomic mass is 9.93. The van der Waals surface area contributed by atoms with Crippen LogP contribution in [0.2, 0.25) is 0 Å². The molecular weight excluding hydrogens is 386 g/mol. The molecule has 1 aromatic carbocycles. The van der Waals surface area contributed by atoms with Gasteiger partial charge in [0.15, 0.2) is 12.4 Å². The highest BCUT2D eigenvalue weighted by Crippen LogP contribution is 2.29. The van der Waals surface area contributed by atoms with E-state index < -0.39 is 0 Å². The zero-order chi connectivity index (χ0) is 21.3. The van der Waals surface area contributed by atoms with Crippen LogP contribution in [0, 0.1) is 6.92 Å². The van der Waals surface area contributed by atoms with Crippen molar-refractivity contribution in [2.45, 2.75) is 32.6 Å². The number of hydrazone groups is 1. The second-order valence-electron chi connectivity index (χ2n) is 7.01. The molecule has 0 fully saturated rings. The van der Waals surface area contributed by atoms with Crippen molar-refractivity contribution in [3.63, 3.8) is 0 Å². The first-order valence-corrected chi connectivity index (χ1v) is 10.0. The zero-order valence-corrected chi connectivity index (χ0v) is 17.3. The number of fused-ring (bicyclic) bond motifs is 1. The Labute approximate surface area is 175 Å². The van der Waals surface area contributed by atoms with Crippen molar-refractivity contribution in [1.82, 2.24) is 10.7 Å². The maximum Gasteiger partial charge on any atom is 0.287 e. The first-order valence-electron chi connectivity index (χ1n) is 10.0. The molecule has 1 aliphatic rings. The lowest BCUT2D eigenvalue weighted by Crippen LogP contribution is -2.27. The fourth-order valence-electron chi connectivity index (χ4n) is 3.32. The number of rotatable bonds is 9. The number of amides is 2. The van der Waals surface area contributed by atoms with Gasteiger partial charge < -0.3 is 19.2 Å². The van der Waals surface area contributed by atoms with Crippen LogP contribution < -0.4 is 15.5 Å². The number of para-hydroxylation sites is 1. The highest BCUT2D eigenvalue weighted by molar-refractivity contribution is 6.06. The van der Waals surface area contributed by atoms with Gasteiger partial charge in [-0.2, -0.15) is 5.10 Å². The van der Waals surface area contributed by atoms with Crippen LogP contribution in [0.15, 0.2) is 39.9 Å². The number of furan rings is 1. The minimum Gasteiger partial charge on any atom is -0.484 e. The summed E-state index contributed by atoms with van der Waals surface area (Å²) in [5.41, 5.74) is 4.81. The quantitative estimate of drug-likeness (QED) is 0.486. The van der Waals surface area contributed by atoms with Crippen molar-refractivity contribution >= 4 is 17.5 Å². The lowest BCUT2D eigenvalue weighted by Gasteiger charge is -2.13. The van der Waals surface area contributed by atoms with E-state index in [1.807, 2.05) is 25.1 Å². The van der Waals surface area contributed by atoms with Crippen LogP contribution in [0.3, 0.4) is 0 Å². The van der Waals surface area contributed by atoms with Crippen molar-refractivity contribution in [1.29, 1.82) is 0 Å². The molecule has 30 heavy (non-hydrogen) atoms. The Morgan fingerprint density at radius 3 is 2.77 bits per heavy atom. The van der Waals surface area contributed by atoms with Crippen LogP contribution in [0.1, 0.15) is 46.7 Å². The highest BCUT2D eigenvalue weighted by atomic mass is 16.5. The third-order valence-corrected chi connectivity index (χ3v) is 4.77. The van der Waals surface area contributed by atoms with Crippen molar-refractivity contribution in [3.05, 3.63) is 53.0 Å². The monoisotopic (exact) mass is 413 g/mol. The Hall–Kier alpha value is -3.13. The minimum absolute atomic E-state index is 0.132. The van der Waals surface area contributed by atoms with E-state index in [1.165, 1.54) is 0 Å². The zero-order valence-electron chi connectivity index (χ0n) is 17.3. The molecule has 1 aliphatic carbocycles. The van der Waals surface area contributed by atoms with Crippen LogP contribution in [0.5, 0.6) is 5.75 Å². The van der Waals surface area contributed by atoms with E-state index in [9.17, 15) is 9.59 Å². The fourth-order valence-corrected chi connectivity index (χ4v) is 3.32. The number of methoxy groups -OCH3 is 1. The Kier molecular flexibility index (Phi) is 7.62. The number of nitrogens with one attached hydrogen (secondary N) is 2. The van der Waals surface area contributed by atoms with Crippen molar-refractivity contribution in [3.8, 4) is 5.75 Å². The van der Waals surface area contributed by atoms with Gasteiger partial charge in [0, 0.05) is 37.8 Å². The average Bonchev–Trinajstić information content (AvgIpc) is 3.11. The number of aryl methyl sites for hydroxylation is 1. The molecule has 8 nitrogen and oxygen atoms in total. The summed E-state index contributed by atoms with van der Waals surface area (Å²) in [6, 6.07) is 9.11. The molecule has 0 aliphatic heterocycles. The molecule has 2 aromatic rings. The standard InChI is InChI=1S/C22H27N3O5/c1-15-20-17(24-25-19(26)14-29-16-8-4-3-5-9-16)10-6-11-18(20)30-21(15)22(27)23-12-7-13-28-2/h3-5,8-9H,6-7,10-14H2,1-2H3,(H,23,27)(H,25,26)/b24-17+. The second-order valence-corrected chi connectivity index (χ2v) is 7.01. The molecule has 160 valence electrons. The molecule has 0 saturated heterocycles. The summed E-state index contributed by atoms with van der Waals surface area (Å²) in [5, 5.41) is 7.13. The number of benzene rings is 1. The summed E-state index contributed by atoms with van der Waals surface area (Å²) >= 11 is 0. The van der Waals surface area contributed by atoms with Crippen LogP contribution in [0.4, 0.5) is 0 Å². The molecule has 3 rings (SSSR count). The van der Waals surface area contributed by atoms with E-state index in [0.717, 1.165) is 36.1 Å². The normalized spacial score (nSPS) is 14.3. The summed E-state index contributed by atoms with van der Waals surface area (Å²) in [4.78, 5) is 24.6.